The van der Waals surface area contributed by atoms with Crippen LogP contribution in [0.3, 0.4) is 0 Å². The van der Waals surface area contributed by atoms with E-state index in [0.717, 1.165) is 11.5 Å². The van der Waals surface area contributed by atoms with Crippen LogP contribution < -0.4 is 5.73 Å². The third-order valence-electron chi connectivity index (χ3n) is 5.91. The number of aliphatic imine (C=N–C) groups is 1. The fourth-order valence-corrected chi connectivity index (χ4v) is 5.69. The van der Waals surface area contributed by atoms with Crippen LogP contribution >= 0.6 is 11.6 Å². The molecule has 168 valence electrons. The summed E-state index contributed by atoms with van der Waals surface area (Å²) >= 11 is 6.00. The molecule has 0 saturated heterocycles. The molecule has 2 aromatic heterocycles. The van der Waals surface area contributed by atoms with Gasteiger partial charge in [0, 0.05) is 29.8 Å². The van der Waals surface area contributed by atoms with Gasteiger partial charge >= 0.3 is 0 Å². The Balaban J connectivity index is 1.83. The number of hydrogen-bond acceptors (Lipinski definition) is 6. The molecule has 1 aliphatic rings. The molecule has 10 heteroatoms. The number of nitrogens with zero attached hydrogens (tertiary/aromatic N) is 3. The highest BCUT2D eigenvalue weighted by Crippen LogP contribution is 2.39. The first-order valence-corrected chi connectivity index (χ1v) is 11.8. The van der Waals surface area contributed by atoms with Gasteiger partial charge in [-0.25, -0.2) is 17.2 Å². The van der Waals surface area contributed by atoms with E-state index in [1.165, 1.54) is 33.0 Å². The highest BCUT2D eigenvalue weighted by atomic mass is 35.5. The van der Waals surface area contributed by atoms with Gasteiger partial charge in [-0.3, -0.25) is 15.0 Å². The number of halogens is 3. The van der Waals surface area contributed by atoms with Crippen LogP contribution in [0.25, 0.3) is 10.9 Å². The maximum absolute atomic E-state index is 14.9. The number of hydrogen-bond donors (Lipinski definition) is 1. The second kappa shape index (κ2) is 7.45. The molecule has 0 bridgehead atoms. The van der Waals surface area contributed by atoms with Crippen LogP contribution in [0.4, 0.5) is 8.78 Å². The zero-order valence-electron chi connectivity index (χ0n) is 17.7. The van der Waals surface area contributed by atoms with Crippen LogP contribution in [0.1, 0.15) is 37.6 Å². The summed E-state index contributed by atoms with van der Waals surface area (Å²) in [7, 11) is -3.78. The molecular weight excluding hydrogens is 458 g/mol. The van der Waals surface area contributed by atoms with Crippen molar-refractivity contribution in [2.45, 2.75) is 37.5 Å². The number of amidine groups is 1. The molecule has 0 spiro atoms. The number of rotatable bonds is 3. The van der Waals surface area contributed by atoms with Crippen molar-refractivity contribution in [1.82, 2.24) is 9.97 Å². The van der Waals surface area contributed by atoms with E-state index in [1.54, 1.807) is 18.3 Å². The molecule has 3 heterocycles. The molecule has 1 aliphatic heterocycles. The largest absolute Gasteiger partial charge is 0.386 e. The van der Waals surface area contributed by atoms with Crippen molar-refractivity contribution in [3.05, 3.63) is 70.1 Å². The van der Waals surface area contributed by atoms with Crippen LogP contribution in [0.5, 0.6) is 0 Å². The zero-order chi connectivity index (χ0) is 23.5. The standard InChI is InChI=1S/C22H21ClF2N4O2S/c1-21(2)20(26)29-22(3,11-32(21,30)31)15-6-12(7-16(24)18(15)25)8-17-19-13(4-5-27-17)9-14(23)10-28-19/h4-7,9-10H,8,11H2,1-3H3,(H2,26,29). The summed E-state index contributed by atoms with van der Waals surface area (Å²) in [5.74, 6) is -2.90. The van der Waals surface area contributed by atoms with Crippen molar-refractivity contribution in [2.75, 3.05) is 5.75 Å². The average Bonchev–Trinajstić information content (AvgIpc) is 2.68. The Kier molecular flexibility index (Phi) is 5.25. The van der Waals surface area contributed by atoms with Crippen molar-refractivity contribution in [3.8, 4) is 0 Å². The maximum Gasteiger partial charge on any atom is 0.165 e. The van der Waals surface area contributed by atoms with E-state index >= 15 is 0 Å². The van der Waals surface area contributed by atoms with Crippen molar-refractivity contribution in [1.29, 1.82) is 0 Å². The molecule has 0 saturated carbocycles. The van der Waals surface area contributed by atoms with Gasteiger partial charge in [0.1, 0.15) is 16.1 Å². The van der Waals surface area contributed by atoms with E-state index in [2.05, 4.69) is 15.0 Å². The minimum Gasteiger partial charge on any atom is -0.386 e. The zero-order valence-corrected chi connectivity index (χ0v) is 19.2. The Morgan fingerprint density at radius 1 is 1.16 bits per heavy atom. The molecule has 3 aromatic rings. The fraction of sp³-hybridized carbons (Fsp3) is 0.318. The summed E-state index contributed by atoms with van der Waals surface area (Å²) in [4.78, 5) is 12.9. The number of aromatic nitrogens is 2. The maximum atomic E-state index is 14.9. The summed E-state index contributed by atoms with van der Waals surface area (Å²) in [5.41, 5.74) is 5.73. The minimum absolute atomic E-state index is 0.143. The molecule has 4 rings (SSSR count). The van der Waals surface area contributed by atoms with Gasteiger partial charge in [-0.1, -0.05) is 11.6 Å². The van der Waals surface area contributed by atoms with Gasteiger partial charge in [0.2, 0.25) is 0 Å². The van der Waals surface area contributed by atoms with Gasteiger partial charge in [-0.05, 0) is 50.6 Å². The van der Waals surface area contributed by atoms with E-state index in [4.69, 9.17) is 17.3 Å². The highest BCUT2D eigenvalue weighted by molar-refractivity contribution is 7.93. The van der Waals surface area contributed by atoms with Crippen LogP contribution in [-0.4, -0.2) is 34.7 Å². The average molecular weight is 479 g/mol. The number of fused-ring (bicyclic) bond motifs is 1. The van der Waals surface area contributed by atoms with E-state index in [0.29, 0.717) is 21.8 Å². The Morgan fingerprint density at radius 2 is 1.88 bits per heavy atom. The first kappa shape index (κ1) is 22.5. The van der Waals surface area contributed by atoms with Gasteiger partial charge in [-0.2, -0.15) is 0 Å². The number of nitrogens with two attached hydrogens (primary N) is 1. The van der Waals surface area contributed by atoms with E-state index in [-0.39, 0.29) is 17.8 Å². The molecule has 1 atom stereocenters. The van der Waals surface area contributed by atoms with E-state index < -0.39 is 37.5 Å². The molecule has 2 N–H and O–H groups in total. The van der Waals surface area contributed by atoms with Crippen LogP contribution in [0.2, 0.25) is 5.02 Å². The third-order valence-corrected chi connectivity index (χ3v) is 8.83. The lowest BCUT2D eigenvalue weighted by Crippen LogP contribution is -2.55. The molecule has 32 heavy (non-hydrogen) atoms. The number of sulfone groups is 1. The summed E-state index contributed by atoms with van der Waals surface area (Å²) in [6.07, 6.45) is 3.21. The summed E-state index contributed by atoms with van der Waals surface area (Å²) in [5, 5.41) is 1.23. The SMILES string of the molecule is CC1(c2cc(Cc3nccc4cc(Cl)cnc34)cc(F)c2F)CS(=O)(=O)C(C)(C)C(N)=N1. The van der Waals surface area contributed by atoms with Crippen molar-refractivity contribution in [3.63, 3.8) is 0 Å². The third kappa shape index (κ3) is 3.63. The Morgan fingerprint density at radius 3 is 2.56 bits per heavy atom. The fourth-order valence-electron chi connectivity index (χ4n) is 3.83. The normalized spacial score (nSPS) is 22.0. The molecule has 1 aromatic carbocycles. The van der Waals surface area contributed by atoms with Crippen LogP contribution in [0, 0.1) is 11.6 Å². The Labute approximate surface area is 189 Å². The smallest absolute Gasteiger partial charge is 0.165 e. The first-order chi connectivity index (χ1) is 14.8. The highest BCUT2D eigenvalue weighted by Gasteiger charge is 2.49. The van der Waals surface area contributed by atoms with E-state index in [1.807, 2.05) is 0 Å². The topological polar surface area (TPSA) is 98.3 Å². The number of pyridine rings is 2. The molecular formula is C22H21ClF2N4O2S. The van der Waals surface area contributed by atoms with Gasteiger partial charge in [0.25, 0.3) is 0 Å². The summed E-state index contributed by atoms with van der Waals surface area (Å²) in [6.45, 7) is 4.33. The van der Waals surface area contributed by atoms with Crippen molar-refractivity contribution in [2.24, 2.45) is 10.7 Å². The second-order valence-corrected chi connectivity index (χ2v) is 11.6. The van der Waals surface area contributed by atoms with Crippen molar-refractivity contribution >= 4 is 38.2 Å². The van der Waals surface area contributed by atoms with Gasteiger partial charge in [0.05, 0.1) is 22.0 Å². The lowest BCUT2D eigenvalue weighted by atomic mass is 9.90. The molecule has 0 fully saturated rings. The van der Waals surface area contributed by atoms with Gasteiger partial charge in [0.15, 0.2) is 21.5 Å². The van der Waals surface area contributed by atoms with Crippen LogP contribution in [-0.2, 0) is 21.8 Å². The number of benzene rings is 1. The molecule has 6 nitrogen and oxygen atoms in total. The van der Waals surface area contributed by atoms with E-state index in [9.17, 15) is 17.2 Å². The predicted molar refractivity (Wildman–Crippen MR) is 121 cm³/mol. The second-order valence-electron chi connectivity index (χ2n) is 8.64. The Bertz CT molecular complexity index is 1390. The quantitative estimate of drug-likeness (QED) is 0.615. The van der Waals surface area contributed by atoms with Gasteiger partial charge in [-0.15, -0.1) is 0 Å². The first-order valence-electron chi connectivity index (χ1n) is 9.80. The van der Waals surface area contributed by atoms with Crippen molar-refractivity contribution < 1.29 is 17.2 Å². The van der Waals surface area contributed by atoms with Crippen LogP contribution in [0.15, 0.2) is 41.7 Å². The molecule has 1 unspecified atom stereocenters. The monoisotopic (exact) mass is 478 g/mol. The van der Waals surface area contributed by atoms with Gasteiger partial charge < -0.3 is 5.73 Å². The minimum atomic E-state index is -3.78. The summed E-state index contributed by atoms with van der Waals surface area (Å²) in [6, 6.07) is 5.97. The lowest BCUT2D eigenvalue weighted by molar-refractivity contribution is 0.444. The molecule has 0 amide bonds. The lowest BCUT2D eigenvalue weighted by Gasteiger charge is -2.38. The Hall–Kier alpha value is -2.65. The molecule has 0 aliphatic carbocycles. The molecule has 0 radical (unpaired) electrons. The predicted octanol–water partition coefficient (Wildman–Crippen LogP) is 3.93. The summed E-state index contributed by atoms with van der Waals surface area (Å²) < 4.78 is 53.8.